The van der Waals surface area contributed by atoms with Gasteiger partial charge in [0.25, 0.3) is 0 Å². The van der Waals surface area contributed by atoms with E-state index in [2.05, 4.69) is 13.8 Å². The Morgan fingerprint density at radius 2 is 1.88 bits per heavy atom. The summed E-state index contributed by atoms with van der Waals surface area (Å²) in [6, 6.07) is -0.351. The first-order chi connectivity index (χ1) is 7.50. The number of piperidine rings is 1. The topological polar surface area (TPSA) is 44.6 Å². The molecule has 2 fully saturated rings. The van der Waals surface area contributed by atoms with Crippen LogP contribution in [0.4, 0.5) is 0 Å². The van der Waals surface area contributed by atoms with Gasteiger partial charge in [-0.25, -0.2) is 0 Å². The minimum atomic E-state index is -0.897. The Balaban J connectivity index is 2.07. The fourth-order valence-corrected chi connectivity index (χ4v) is 3.84. The SMILES string of the molecule is CC1C[NH+]([C@@H](C)C(=O)[O-])CC2C1CC[C@H]2C. The zero-order chi connectivity index (χ0) is 11.9. The van der Waals surface area contributed by atoms with Gasteiger partial charge in [-0.3, -0.25) is 0 Å². The number of carboxylic acid groups (broad SMARTS) is 1. The van der Waals surface area contributed by atoms with Gasteiger partial charge in [0, 0.05) is 11.8 Å². The average Bonchev–Trinajstić information content (AvgIpc) is 2.60. The van der Waals surface area contributed by atoms with Crippen molar-refractivity contribution in [1.82, 2.24) is 0 Å². The van der Waals surface area contributed by atoms with Crippen LogP contribution in [-0.4, -0.2) is 25.1 Å². The molecule has 0 spiro atoms. The lowest BCUT2D eigenvalue weighted by Gasteiger charge is -2.41. The number of rotatable bonds is 2. The number of carbonyl (C=O) groups excluding carboxylic acids is 1. The first kappa shape index (κ1) is 11.9. The molecule has 0 radical (unpaired) electrons. The molecule has 1 N–H and O–H groups in total. The summed E-state index contributed by atoms with van der Waals surface area (Å²) < 4.78 is 0. The van der Waals surface area contributed by atoms with Crippen molar-refractivity contribution < 1.29 is 14.8 Å². The van der Waals surface area contributed by atoms with Gasteiger partial charge < -0.3 is 14.8 Å². The number of aliphatic carboxylic acids is 1. The number of hydrogen-bond donors (Lipinski definition) is 1. The third kappa shape index (κ3) is 1.97. The van der Waals surface area contributed by atoms with Crippen molar-refractivity contribution in [2.75, 3.05) is 13.1 Å². The normalized spacial score (nSPS) is 45.1. The molecule has 1 saturated carbocycles. The summed E-state index contributed by atoms with van der Waals surface area (Å²) in [5.74, 6) is 2.12. The van der Waals surface area contributed by atoms with Crippen LogP contribution in [0.15, 0.2) is 0 Å². The van der Waals surface area contributed by atoms with Crippen LogP contribution in [0, 0.1) is 23.7 Å². The number of quaternary nitrogens is 1. The first-order valence-corrected chi connectivity index (χ1v) is 6.56. The van der Waals surface area contributed by atoms with E-state index in [0.717, 1.165) is 30.8 Å². The van der Waals surface area contributed by atoms with Gasteiger partial charge in [0.15, 0.2) is 0 Å². The Bertz CT molecular complexity index is 279. The Labute approximate surface area is 97.8 Å². The molecule has 0 aromatic rings. The molecule has 0 aromatic carbocycles. The second kappa shape index (κ2) is 4.36. The highest BCUT2D eigenvalue weighted by Gasteiger charge is 2.44. The van der Waals surface area contributed by atoms with Crippen molar-refractivity contribution in [3.63, 3.8) is 0 Å². The Kier molecular flexibility index (Phi) is 3.24. The molecule has 4 unspecified atom stereocenters. The molecule has 0 bridgehead atoms. The summed E-state index contributed by atoms with van der Waals surface area (Å²) in [6.07, 6.45) is 2.67. The smallest absolute Gasteiger partial charge is 0.125 e. The minimum Gasteiger partial charge on any atom is -0.544 e. The predicted molar refractivity (Wildman–Crippen MR) is 59.7 cm³/mol. The van der Waals surface area contributed by atoms with Crippen molar-refractivity contribution in [2.45, 2.75) is 39.7 Å². The van der Waals surface area contributed by atoms with Crippen molar-refractivity contribution in [1.29, 1.82) is 0 Å². The summed E-state index contributed by atoms with van der Waals surface area (Å²) in [6.45, 7) is 8.44. The van der Waals surface area contributed by atoms with E-state index in [-0.39, 0.29) is 6.04 Å². The maximum atomic E-state index is 10.9. The van der Waals surface area contributed by atoms with Gasteiger partial charge in [-0.15, -0.1) is 0 Å². The third-order valence-electron chi connectivity index (χ3n) is 5.02. The molecule has 16 heavy (non-hydrogen) atoms. The van der Waals surface area contributed by atoms with E-state index in [9.17, 15) is 9.90 Å². The van der Waals surface area contributed by atoms with E-state index >= 15 is 0 Å². The standard InChI is InChI=1S/C13H23NO2/c1-8-4-5-11-9(2)6-14(7-12(8)11)10(3)13(15)16/h8-12H,4-7H2,1-3H3,(H,15,16)/t8-,9?,10+,11?,12?/m1/s1. The molecule has 3 nitrogen and oxygen atoms in total. The molecule has 1 heterocycles. The van der Waals surface area contributed by atoms with Crippen molar-refractivity contribution >= 4 is 5.97 Å². The van der Waals surface area contributed by atoms with Gasteiger partial charge in [-0.1, -0.05) is 13.8 Å². The number of hydrogen-bond acceptors (Lipinski definition) is 2. The summed E-state index contributed by atoms with van der Waals surface area (Å²) in [5.41, 5.74) is 0. The second-order valence-corrected chi connectivity index (χ2v) is 5.97. The van der Waals surface area contributed by atoms with Crippen LogP contribution in [0.3, 0.4) is 0 Å². The summed E-state index contributed by atoms with van der Waals surface area (Å²) in [4.78, 5) is 12.2. The van der Waals surface area contributed by atoms with E-state index < -0.39 is 5.97 Å². The summed E-state index contributed by atoms with van der Waals surface area (Å²) in [5, 5.41) is 10.9. The van der Waals surface area contributed by atoms with Gasteiger partial charge >= 0.3 is 0 Å². The van der Waals surface area contributed by atoms with Crippen LogP contribution in [-0.2, 0) is 4.79 Å². The number of fused-ring (bicyclic) bond motifs is 1. The third-order valence-corrected chi connectivity index (χ3v) is 5.02. The van der Waals surface area contributed by atoms with Crippen LogP contribution in [0.1, 0.15) is 33.6 Å². The highest BCUT2D eigenvalue weighted by atomic mass is 16.4. The molecular formula is C13H23NO2. The van der Waals surface area contributed by atoms with Gasteiger partial charge in [0.1, 0.15) is 6.04 Å². The average molecular weight is 225 g/mol. The molecule has 2 aliphatic rings. The van der Waals surface area contributed by atoms with Crippen LogP contribution < -0.4 is 10.0 Å². The maximum Gasteiger partial charge on any atom is 0.125 e. The number of carbonyl (C=O) groups is 1. The highest BCUT2D eigenvalue weighted by molar-refractivity contribution is 5.68. The van der Waals surface area contributed by atoms with E-state index in [1.807, 2.05) is 0 Å². The van der Waals surface area contributed by atoms with Gasteiger partial charge in [0.2, 0.25) is 0 Å². The van der Waals surface area contributed by atoms with E-state index in [4.69, 9.17) is 0 Å². The van der Waals surface area contributed by atoms with Crippen molar-refractivity contribution in [3.8, 4) is 0 Å². The van der Waals surface area contributed by atoms with Crippen molar-refractivity contribution in [2.24, 2.45) is 23.7 Å². The molecule has 2 rings (SSSR count). The summed E-state index contributed by atoms with van der Waals surface area (Å²) >= 11 is 0. The molecule has 0 aromatic heterocycles. The van der Waals surface area contributed by atoms with Crippen molar-refractivity contribution in [3.05, 3.63) is 0 Å². The second-order valence-electron chi connectivity index (χ2n) is 5.97. The molecule has 6 atom stereocenters. The quantitative estimate of drug-likeness (QED) is 0.677. The van der Waals surface area contributed by atoms with Crippen LogP contribution in [0.25, 0.3) is 0 Å². The zero-order valence-electron chi connectivity index (χ0n) is 10.5. The highest BCUT2D eigenvalue weighted by Crippen LogP contribution is 2.41. The van der Waals surface area contributed by atoms with Gasteiger partial charge in [-0.05, 0) is 31.6 Å². The monoisotopic (exact) mass is 225 g/mol. The minimum absolute atomic E-state index is 0.351. The first-order valence-electron chi connectivity index (χ1n) is 6.56. The van der Waals surface area contributed by atoms with Gasteiger partial charge in [0.05, 0.1) is 19.1 Å². The molecule has 92 valence electrons. The Morgan fingerprint density at radius 3 is 2.50 bits per heavy atom. The molecule has 1 saturated heterocycles. The van der Waals surface area contributed by atoms with E-state index in [1.54, 1.807) is 6.92 Å². The molecule has 3 heteroatoms. The van der Waals surface area contributed by atoms with Gasteiger partial charge in [-0.2, -0.15) is 0 Å². The van der Waals surface area contributed by atoms with E-state index in [0.29, 0.717) is 5.92 Å². The van der Waals surface area contributed by atoms with Crippen LogP contribution >= 0.6 is 0 Å². The Hall–Kier alpha value is -0.570. The lowest BCUT2D eigenvalue weighted by atomic mass is 9.78. The fourth-order valence-electron chi connectivity index (χ4n) is 3.84. The molecule has 1 aliphatic carbocycles. The van der Waals surface area contributed by atoms with Crippen LogP contribution in [0.2, 0.25) is 0 Å². The number of likely N-dealkylation sites (tertiary alicyclic amines) is 1. The number of nitrogens with one attached hydrogen (secondary N) is 1. The lowest BCUT2D eigenvalue weighted by Crippen LogP contribution is -3.19. The fraction of sp³-hybridized carbons (Fsp3) is 0.923. The van der Waals surface area contributed by atoms with E-state index in [1.165, 1.54) is 17.7 Å². The zero-order valence-corrected chi connectivity index (χ0v) is 10.5. The van der Waals surface area contributed by atoms with Crippen LogP contribution in [0.5, 0.6) is 0 Å². The predicted octanol–water partition coefficient (Wildman–Crippen LogP) is -0.678. The lowest BCUT2D eigenvalue weighted by molar-refractivity contribution is -0.930. The Morgan fingerprint density at radius 1 is 1.19 bits per heavy atom. The molecular weight excluding hydrogens is 202 g/mol. The summed E-state index contributed by atoms with van der Waals surface area (Å²) in [7, 11) is 0. The maximum absolute atomic E-state index is 10.9. The molecule has 1 aliphatic heterocycles. The molecule has 0 amide bonds. The largest absolute Gasteiger partial charge is 0.544 e. The number of carboxylic acids is 1.